The summed E-state index contributed by atoms with van der Waals surface area (Å²) in [6.45, 7) is 0.196. The van der Waals surface area contributed by atoms with Gasteiger partial charge >= 0.3 is 5.97 Å². The van der Waals surface area contributed by atoms with Gasteiger partial charge in [0.1, 0.15) is 5.82 Å². The van der Waals surface area contributed by atoms with Crippen molar-refractivity contribution in [2.24, 2.45) is 0 Å². The Morgan fingerprint density at radius 2 is 2.11 bits per heavy atom. The van der Waals surface area contributed by atoms with Crippen LogP contribution < -0.4 is 5.73 Å². The molecule has 18 heavy (non-hydrogen) atoms. The normalized spacial score (nSPS) is 10.6. The fourth-order valence-electron chi connectivity index (χ4n) is 1.46. The molecule has 0 unspecified atom stereocenters. The molecule has 5 nitrogen and oxygen atoms in total. The van der Waals surface area contributed by atoms with Gasteiger partial charge in [-0.3, -0.25) is 14.5 Å². The van der Waals surface area contributed by atoms with Gasteiger partial charge in [0.2, 0.25) is 0 Å². The number of halogens is 1. The Morgan fingerprint density at radius 1 is 1.44 bits per heavy atom. The topological polar surface area (TPSA) is 83.6 Å². The van der Waals surface area contributed by atoms with Gasteiger partial charge in [0, 0.05) is 18.5 Å². The number of carbonyl (C=O) groups excluding carboxylic acids is 1. The average Bonchev–Trinajstić information content (AvgIpc) is 2.28. The molecule has 0 radical (unpaired) electrons. The zero-order chi connectivity index (χ0) is 13.7. The summed E-state index contributed by atoms with van der Waals surface area (Å²) in [6.07, 6.45) is 0.162. The largest absolute Gasteiger partial charge is 0.480 e. The first-order valence-electron chi connectivity index (χ1n) is 5.38. The van der Waals surface area contributed by atoms with Crippen molar-refractivity contribution >= 4 is 17.4 Å². The van der Waals surface area contributed by atoms with E-state index in [-0.39, 0.29) is 24.4 Å². The van der Waals surface area contributed by atoms with Crippen molar-refractivity contribution in [1.82, 2.24) is 4.90 Å². The Kier molecular flexibility index (Phi) is 4.79. The zero-order valence-corrected chi connectivity index (χ0v) is 10.0. The van der Waals surface area contributed by atoms with Crippen LogP contribution in [0.3, 0.4) is 0 Å². The number of hydrogen-bond donors (Lipinski definition) is 2. The summed E-state index contributed by atoms with van der Waals surface area (Å²) in [7, 11) is 1.61. The third-order valence-corrected chi connectivity index (χ3v) is 2.44. The van der Waals surface area contributed by atoms with Gasteiger partial charge in [0.05, 0.1) is 12.2 Å². The van der Waals surface area contributed by atoms with Crippen LogP contribution in [0.1, 0.15) is 16.8 Å². The van der Waals surface area contributed by atoms with Gasteiger partial charge in [-0.15, -0.1) is 0 Å². The fraction of sp³-hybridized carbons (Fsp3) is 0.333. The van der Waals surface area contributed by atoms with Crippen LogP contribution >= 0.6 is 0 Å². The minimum Gasteiger partial charge on any atom is -0.480 e. The van der Waals surface area contributed by atoms with Crippen LogP contribution in [0.2, 0.25) is 0 Å². The summed E-state index contributed by atoms with van der Waals surface area (Å²) < 4.78 is 12.9. The Hall–Kier alpha value is -1.95. The highest BCUT2D eigenvalue weighted by molar-refractivity contribution is 5.96. The number of anilines is 1. The number of carboxylic acid groups (broad SMARTS) is 1. The SMILES string of the molecule is CN(CCC(=O)c1ccc(F)c(N)c1)CC(=O)O. The third-order valence-electron chi connectivity index (χ3n) is 2.44. The van der Waals surface area contributed by atoms with E-state index in [1.807, 2.05) is 0 Å². The van der Waals surface area contributed by atoms with Gasteiger partial charge in [-0.2, -0.15) is 0 Å². The fourth-order valence-corrected chi connectivity index (χ4v) is 1.46. The van der Waals surface area contributed by atoms with Crippen molar-refractivity contribution in [1.29, 1.82) is 0 Å². The first kappa shape index (κ1) is 14.1. The number of hydrogen-bond acceptors (Lipinski definition) is 4. The molecule has 1 aromatic carbocycles. The van der Waals surface area contributed by atoms with Crippen molar-refractivity contribution < 1.29 is 19.1 Å². The lowest BCUT2D eigenvalue weighted by Crippen LogP contribution is -2.27. The summed E-state index contributed by atoms with van der Waals surface area (Å²) in [5.74, 6) is -1.70. The lowest BCUT2D eigenvalue weighted by molar-refractivity contribution is -0.137. The number of nitrogens with two attached hydrogens (primary N) is 1. The third kappa shape index (κ3) is 4.14. The molecular weight excluding hydrogens is 239 g/mol. The van der Waals surface area contributed by atoms with Gasteiger partial charge < -0.3 is 10.8 Å². The average molecular weight is 254 g/mol. The molecule has 0 aromatic heterocycles. The summed E-state index contributed by atoms with van der Waals surface area (Å²) in [4.78, 5) is 23.7. The van der Waals surface area contributed by atoms with Crippen LogP contribution in [0.15, 0.2) is 18.2 Å². The van der Waals surface area contributed by atoms with E-state index in [2.05, 4.69) is 0 Å². The van der Waals surface area contributed by atoms with E-state index >= 15 is 0 Å². The highest BCUT2D eigenvalue weighted by Crippen LogP contribution is 2.13. The Morgan fingerprint density at radius 3 is 2.67 bits per heavy atom. The van der Waals surface area contributed by atoms with Gasteiger partial charge in [0.25, 0.3) is 0 Å². The number of likely N-dealkylation sites (N-methyl/N-ethyl adjacent to an activating group) is 1. The highest BCUT2D eigenvalue weighted by atomic mass is 19.1. The summed E-state index contributed by atoms with van der Waals surface area (Å²) >= 11 is 0. The van der Waals surface area contributed by atoms with Crippen molar-refractivity contribution in [2.45, 2.75) is 6.42 Å². The van der Waals surface area contributed by atoms with Crippen molar-refractivity contribution in [3.05, 3.63) is 29.6 Å². The van der Waals surface area contributed by atoms with Crippen LogP contribution in [0, 0.1) is 5.82 Å². The van der Waals surface area contributed by atoms with E-state index in [0.29, 0.717) is 12.1 Å². The van der Waals surface area contributed by atoms with E-state index in [0.717, 1.165) is 6.07 Å². The van der Waals surface area contributed by atoms with E-state index < -0.39 is 11.8 Å². The van der Waals surface area contributed by atoms with Gasteiger partial charge in [-0.1, -0.05) is 0 Å². The molecule has 0 amide bonds. The molecule has 0 spiro atoms. The molecule has 0 bridgehead atoms. The summed E-state index contributed by atoms with van der Waals surface area (Å²) in [6, 6.07) is 3.80. The lowest BCUT2D eigenvalue weighted by Gasteiger charge is -2.13. The Balaban J connectivity index is 2.55. The minimum absolute atomic E-state index is 0.0697. The number of carboxylic acids is 1. The monoisotopic (exact) mass is 254 g/mol. The summed E-state index contributed by atoms with van der Waals surface area (Å²) in [5.41, 5.74) is 5.63. The van der Waals surface area contributed by atoms with E-state index in [9.17, 15) is 14.0 Å². The van der Waals surface area contributed by atoms with Crippen LogP contribution in [0.4, 0.5) is 10.1 Å². The molecule has 6 heteroatoms. The quantitative estimate of drug-likeness (QED) is 0.584. The van der Waals surface area contributed by atoms with E-state index in [1.54, 1.807) is 7.05 Å². The number of nitrogens with zero attached hydrogens (tertiary/aromatic N) is 1. The molecule has 1 aromatic rings. The molecule has 98 valence electrons. The van der Waals surface area contributed by atoms with Crippen LogP contribution in [-0.4, -0.2) is 41.9 Å². The number of benzene rings is 1. The molecule has 1 rings (SSSR count). The maximum absolute atomic E-state index is 12.9. The minimum atomic E-state index is -0.948. The van der Waals surface area contributed by atoms with Crippen molar-refractivity contribution in [2.75, 3.05) is 25.9 Å². The smallest absolute Gasteiger partial charge is 0.317 e. The molecule has 0 heterocycles. The Labute approximate surface area is 104 Å². The predicted octanol–water partition coefficient (Wildman–Crippen LogP) is 0.997. The molecule has 0 atom stereocenters. The predicted molar refractivity (Wildman–Crippen MR) is 64.9 cm³/mol. The lowest BCUT2D eigenvalue weighted by atomic mass is 10.1. The molecule has 0 aliphatic carbocycles. The molecule has 0 aliphatic heterocycles. The second kappa shape index (κ2) is 6.11. The molecule has 0 saturated carbocycles. The number of Topliss-reactive ketones (excluding diaryl/α,β-unsaturated/α-hetero) is 1. The zero-order valence-electron chi connectivity index (χ0n) is 10.0. The summed E-state index contributed by atoms with van der Waals surface area (Å²) in [5, 5.41) is 8.55. The van der Waals surface area contributed by atoms with Gasteiger partial charge in [0.15, 0.2) is 5.78 Å². The van der Waals surface area contributed by atoms with Crippen LogP contribution in [-0.2, 0) is 4.79 Å². The van der Waals surface area contributed by atoms with E-state index in [4.69, 9.17) is 10.8 Å². The van der Waals surface area contributed by atoms with Crippen molar-refractivity contribution in [3.63, 3.8) is 0 Å². The highest BCUT2D eigenvalue weighted by Gasteiger charge is 2.11. The van der Waals surface area contributed by atoms with Gasteiger partial charge in [-0.05, 0) is 25.2 Å². The molecular formula is C12H15FN2O3. The number of aliphatic carboxylic acids is 1. The molecule has 0 saturated heterocycles. The van der Waals surface area contributed by atoms with E-state index in [1.165, 1.54) is 17.0 Å². The first-order chi connectivity index (χ1) is 8.40. The van der Waals surface area contributed by atoms with Crippen LogP contribution in [0.5, 0.6) is 0 Å². The second-order valence-corrected chi connectivity index (χ2v) is 4.04. The van der Waals surface area contributed by atoms with Gasteiger partial charge in [-0.25, -0.2) is 4.39 Å². The van der Waals surface area contributed by atoms with Crippen LogP contribution in [0.25, 0.3) is 0 Å². The number of nitrogen functional groups attached to an aromatic ring is 1. The number of ketones is 1. The Bertz CT molecular complexity index is 463. The maximum Gasteiger partial charge on any atom is 0.317 e. The molecule has 0 aliphatic rings. The van der Waals surface area contributed by atoms with Crippen molar-refractivity contribution in [3.8, 4) is 0 Å². The second-order valence-electron chi connectivity index (χ2n) is 4.04. The molecule has 0 fully saturated rings. The number of rotatable bonds is 6. The standard InChI is InChI=1S/C12H15FN2O3/c1-15(7-12(17)18)5-4-11(16)8-2-3-9(13)10(14)6-8/h2-3,6H,4-5,7,14H2,1H3,(H,17,18). The first-order valence-corrected chi connectivity index (χ1v) is 5.38. The maximum atomic E-state index is 12.9. The molecule has 3 N–H and O–H groups in total. The number of carbonyl (C=O) groups is 2.